The monoisotopic (exact) mass is 302 g/mol. The molecule has 2 aromatic rings. The van der Waals surface area contributed by atoms with Crippen LogP contribution in [0.3, 0.4) is 0 Å². The van der Waals surface area contributed by atoms with Gasteiger partial charge in [-0.2, -0.15) is 0 Å². The number of aromatic nitrogens is 1. The molecule has 0 aliphatic heterocycles. The summed E-state index contributed by atoms with van der Waals surface area (Å²) < 4.78 is 9.47. The van der Waals surface area contributed by atoms with Gasteiger partial charge in [0, 0.05) is 24.6 Å². The smallest absolute Gasteiger partial charge is 0.328 e. The third-order valence-corrected chi connectivity index (χ3v) is 3.17. The molecule has 0 bridgehead atoms. The molecule has 6 heteroatoms. The van der Waals surface area contributed by atoms with Crippen LogP contribution in [0.1, 0.15) is 5.69 Å². The Hall–Kier alpha value is -2.47. The van der Waals surface area contributed by atoms with Crippen LogP contribution in [0.5, 0.6) is 0 Å². The number of para-hydroxylation sites is 1. The molecular weight excluding hydrogens is 284 g/mol. The zero-order valence-corrected chi connectivity index (χ0v) is 12.5. The average Bonchev–Trinajstić information content (AvgIpc) is 2.53. The molecule has 0 saturated heterocycles. The Morgan fingerprint density at radius 3 is 2.68 bits per heavy atom. The Kier molecular flexibility index (Phi) is 5.43. The minimum atomic E-state index is -0.790. The van der Waals surface area contributed by atoms with Crippen LogP contribution in [0, 0.1) is 0 Å². The van der Waals surface area contributed by atoms with Gasteiger partial charge in [0.15, 0.2) is 0 Å². The summed E-state index contributed by atoms with van der Waals surface area (Å²) in [6.45, 7) is -0.112. The summed E-state index contributed by atoms with van der Waals surface area (Å²) in [5.74, 6) is -0.891. The van der Waals surface area contributed by atoms with Crippen molar-refractivity contribution in [3.63, 3.8) is 0 Å². The SMILES string of the molecule is COCC(=O)N[C@H](Cc1ccc2ccccc2n1)C(=O)OC. The van der Waals surface area contributed by atoms with Crippen molar-refractivity contribution in [3.8, 4) is 0 Å². The van der Waals surface area contributed by atoms with Gasteiger partial charge in [-0.3, -0.25) is 9.78 Å². The van der Waals surface area contributed by atoms with Crippen LogP contribution in [0.2, 0.25) is 0 Å². The van der Waals surface area contributed by atoms with Gasteiger partial charge in [0.1, 0.15) is 12.6 Å². The summed E-state index contributed by atoms with van der Waals surface area (Å²) in [7, 11) is 2.70. The van der Waals surface area contributed by atoms with Crippen LogP contribution in [0.15, 0.2) is 36.4 Å². The lowest BCUT2D eigenvalue weighted by Gasteiger charge is -2.16. The molecule has 0 aliphatic rings. The van der Waals surface area contributed by atoms with Crippen molar-refractivity contribution < 1.29 is 19.1 Å². The van der Waals surface area contributed by atoms with E-state index >= 15 is 0 Å². The van der Waals surface area contributed by atoms with Gasteiger partial charge in [0.2, 0.25) is 5.91 Å². The first kappa shape index (κ1) is 15.9. The largest absolute Gasteiger partial charge is 0.467 e. The Bertz CT molecular complexity index is 672. The molecule has 0 unspecified atom stereocenters. The van der Waals surface area contributed by atoms with E-state index in [9.17, 15) is 9.59 Å². The number of ether oxygens (including phenoxy) is 2. The second kappa shape index (κ2) is 7.51. The molecule has 116 valence electrons. The number of carbonyl (C=O) groups is 2. The standard InChI is InChI=1S/C16H18N2O4/c1-21-10-15(19)18-14(16(20)22-2)9-12-8-7-11-5-3-4-6-13(11)17-12/h3-8,14H,9-10H2,1-2H3,(H,18,19)/t14-/m1/s1. The summed E-state index contributed by atoms with van der Waals surface area (Å²) in [6, 6.07) is 10.7. The van der Waals surface area contributed by atoms with Crippen LogP contribution in [-0.4, -0.2) is 43.7 Å². The van der Waals surface area contributed by atoms with Gasteiger partial charge in [0.05, 0.1) is 12.6 Å². The topological polar surface area (TPSA) is 77.5 Å². The summed E-state index contributed by atoms with van der Waals surface area (Å²) >= 11 is 0. The highest BCUT2D eigenvalue weighted by molar-refractivity contribution is 5.85. The van der Waals surface area contributed by atoms with Crippen LogP contribution in [0.4, 0.5) is 0 Å². The Morgan fingerprint density at radius 2 is 1.95 bits per heavy atom. The number of nitrogens with one attached hydrogen (secondary N) is 1. The average molecular weight is 302 g/mol. The zero-order valence-electron chi connectivity index (χ0n) is 12.5. The number of nitrogens with zero attached hydrogens (tertiary/aromatic N) is 1. The minimum Gasteiger partial charge on any atom is -0.467 e. The van der Waals surface area contributed by atoms with Gasteiger partial charge in [0.25, 0.3) is 0 Å². The lowest BCUT2D eigenvalue weighted by molar-refractivity contribution is -0.145. The molecule has 1 aromatic heterocycles. The maximum absolute atomic E-state index is 11.8. The molecule has 2 rings (SSSR count). The first-order valence-corrected chi connectivity index (χ1v) is 6.85. The van der Waals surface area contributed by atoms with Crippen molar-refractivity contribution in [1.29, 1.82) is 0 Å². The lowest BCUT2D eigenvalue weighted by Crippen LogP contribution is -2.44. The highest BCUT2D eigenvalue weighted by Gasteiger charge is 2.22. The number of amides is 1. The van der Waals surface area contributed by atoms with E-state index < -0.39 is 12.0 Å². The molecule has 1 heterocycles. The Balaban J connectivity index is 2.17. The van der Waals surface area contributed by atoms with E-state index in [1.807, 2.05) is 36.4 Å². The normalized spacial score (nSPS) is 11.9. The van der Waals surface area contributed by atoms with E-state index in [0.29, 0.717) is 5.69 Å². The molecule has 0 radical (unpaired) electrons. The van der Waals surface area contributed by atoms with E-state index in [4.69, 9.17) is 9.47 Å². The van der Waals surface area contributed by atoms with Crippen molar-refractivity contribution in [2.75, 3.05) is 20.8 Å². The first-order valence-electron chi connectivity index (χ1n) is 6.85. The number of benzene rings is 1. The molecule has 1 N–H and O–H groups in total. The van der Waals surface area contributed by atoms with Crippen molar-refractivity contribution in [2.45, 2.75) is 12.5 Å². The maximum Gasteiger partial charge on any atom is 0.328 e. The molecule has 0 spiro atoms. The number of hydrogen-bond acceptors (Lipinski definition) is 5. The molecule has 1 aromatic carbocycles. The van der Waals surface area contributed by atoms with E-state index in [0.717, 1.165) is 10.9 Å². The van der Waals surface area contributed by atoms with Crippen molar-refractivity contribution >= 4 is 22.8 Å². The fourth-order valence-electron chi connectivity index (χ4n) is 2.13. The Labute approximate surface area is 128 Å². The highest BCUT2D eigenvalue weighted by atomic mass is 16.5. The number of hydrogen-bond donors (Lipinski definition) is 1. The van der Waals surface area contributed by atoms with Crippen molar-refractivity contribution in [3.05, 3.63) is 42.1 Å². The van der Waals surface area contributed by atoms with Gasteiger partial charge in [-0.15, -0.1) is 0 Å². The van der Waals surface area contributed by atoms with E-state index in [2.05, 4.69) is 10.3 Å². The highest BCUT2D eigenvalue weighted by Crippen LogP contribution is 2.13. The molecular formula is C16H18N2O4. The lowest BCUT2D eigenvalue weighted by atomic mass is 10.1. The predicted octanol–water partition coefficient (Wildman–Crippen LogP) is 1.08. The molecule has 0 aliphatic carbocycles. The third-order valence-electron chi connectivity index (χ3n) is 3.17. The van der Waals surface area contributed by atoms with E-state index in [1.54, 1.807) is 0 Å². The van der Waals surface area contributed by atoms with Crippen LogP contribution >= 0.6 is 0 Å². The van der Waals surface area contributed by atoms with Crippen LogP contribution in [0.25, 0.3) is 10.9 Å². The molecule has 0 saturated carbocycles. The molecule has 1 amide bonds. The van der Waals surface area contributed by atoms with E-state index in [1.165, 1.54) is 14.2 Å². The minimum absolute atomic E-state index is 0.112. The quantitative estimate of drug-likeness (QED) is 0.808. The predicted molar refractivity (Wildman–Crippen MR) is 81.3 cm³/mol. The third kappa shape index (κ3) is 4.02. The second-order valence-electron chi connectivity index (χ2n) is 4.78. The fraction of sp³-hybridized carbons (Fsp3) is 0.312. The van der Waals surface area contributed by atoms with Gasteiger partial charge in [-0.1, -0.05) is 24.3 Å². The van der Waals surface area contributed by atoms with Crippen molar-refractivity contribution in [1.82, 2.24) is 10.3 Å². The first-order chi connectivity index (χ1) is 10.6. The summed E-state index contributed by atoms with van der Waals surface area (Å²) in [6.07, 6.45) is 0.257. The number of carbonyl (C=O) groups excluding carboxylic acids is 2. The Morgan fingerprint density at radius 1 is 1.18 bits per heavy atom. The van der Waals surface area contributed by atoms with Crippen LogP contribution in [-0.2, 0) is 25.5 Å². The number of pyridine rings is 1. The van der Waals surface area contributed by atoms with Crippen LogP contribution < -0.4 is 5.32 Å². The van der Waals surface area contributed by atoms with Crippen molar-refractivity contribution in [2.24, 2.45) is 0 Å². The van der Waals surface area contributed by atoms with Gasteiger partial charge in [-0.25, -0.2) is 4.79 Å². The number of fused-ring (bicyclic) bond motifs is 1. The summed E-state index contributed by atoms with van der Waals surface area (Å²) in [4.78, 5) is 27.9. The fourth-order valence-corrected chi connectivity index (χ4v) is 2.13. The second-order valence-corrected chi connectivity index (χ2v) is 4.78. The molecule has 6 nitrogen and oxygen atoms in total. The maximum atomic E-state index is 11.8. The zero-order chi connectivity index (χ0) is 15.9. The number of rotatable bonds is 6. The van der Waals surface area contributed by atoms with Gasteiger partial charge < -0.3 is 14.8 Å². The summed E-state index contributed by atoms with van der Waals surface area (Å²) in [5, 5.41) is 3.60. The van der Waals surface area contributed by atoms with Gasteiger partial charge in [-0.05, 0) is 12.1 Å². The van der Waals surface area contributed by atoms with E-state index in [-0.39, 0.29) is 18.9 Å². The number of methoxy groups -OCH3 is 2. The van der Waals surface area contributed by atoms with Gasteiger partial charge >= 0.3 is 5.97 Å². The number of esters is 1. The molecule has 0 fully saturated rings. The molecule has 22 heavy (non-hydrogen) atoms. The molecule has 1 atom stereocenters. The summed E-state index contributed by atoms with van der Waals surface area (Å²) in [5.41, 5.74) is 1.54.